The zero-order valence-corrected chi connectivity index (χ0v) is 24.8. The Labute approximate surface area is 254 Å². The molecule has 0 saturated carbocycles. The number of benzene rings is 1. The van der Waals surface area contributed by atoms with Crippen LogP contribution in [0.1, 0.15) is 18.4 Å². The molecule has 4 aliphatic rings. The van der Waals surface area contributed by atoms with Crippen molar-refractivity contribution < 1.29 is 42.1 Å². The fraction of sp³-hybridized carbons (Fsp3) is 0.552. The Morgan fingerprint density at radius 1 is 1.05 bits per heavy atom. The first-order valence-electron chi connectivity index (χ1n) is 14.7. The number of halogens is 1. The van der Waals surface area contributed by atoms with Crippen LogP contribution >= 0.6 is 0 Å². The number of ether oxygens (including phenoxy) is 2. The van der Waals surface area contributed by atoms with Gasteiger partial charge in [-0.15, -0.1) is 0 Å². The molecule has 0 spiro atoms. The first-order chi connectivity index (χ1) is 21.1. The molecule has 6 bridgehead atoms. The number of aliphatic hydroxyl groups is 2. The van der Waals surface area contributed by atoms with Crippen molar-refractivity contribution in [1.82, 2.24) is 24.4 Å². The van der Waals surface area contributed by atoms with Crippen molar-refractivity contribution in [2.75, 3.05) is 39.3 Å². The predicted octanol–water partition coefficient (Wildman–Crippen LogP) is -0.909. The minimum atomic E-state index is -4.34. The summed E-state index contributed by atoms with van der Waals surface area (Å²) in [5.41, 5.74) is 0.906. The normalized spacial score (nSPS) is 32.5. The second-order valence-electron chi connectivity index (χ2n) is 11.8. The maximum Gasteiger partial charge on any atom is 0.243 e. The molecule has 5 heterocycles. The van der Waals surface area contributed by atoms with Gasteiger partial charge in [0.1, 0.15) is 24.1 Å². The molecule has 15 heteroatoms. The molecule has 4 aliphatic heterocycles. The highest BCUT2D eigenvalue weighted by Crippen LogP contribution is 2.29. The van der Waals surface area contributed by atoms with Gasteiger partial charge in [0.2, 0.25) is 21.8 Å². The number of likely N-dealkylation sites (tertiary alicyclic amines) is 1. The number of morpholine rings is 1. The summed E-state index contributed by atoms with van der Waals surface area (Å²) in [7, 11) is -4.34. The Bertz CT molecular complexity index is 1470. The molecule has 238 valence electrons. The van der Waals surface area contributed by atoms with Gasteiger partial charge in [0.25, 0.3) is 0 Å². The van der Waals surface area contributed by atoms with E-state index in [1.807, 2.05) is 17.0 Å². The van der Waals surface area contributed by atoms with Crippen LogP contribution in [0.2, 0.25) is 0 Å². The van der Waals surface area contributed by atoms with Crippen LogP contribution in [0.5, 0.6) is 0 Å². The molecule has 13 nitrogen and oxygen atoms in total. The highest BCUT2D eigenvalue weighted by molar-refractivity contribution is 7.89. The standard InChI is InChI=1S/C29H36FN5O8S/c30-19-4-1-5-22(9-19)44(40,41)35-16-21-15-33(7-8-42-21)29(39)23-10-20(14-34(23)13-18-3-2-6-31-12-18)32-26(36)11-24-27(37)28(38)25(17-35)43-24/h1-6,9,12,20-21,23-25,27-28,37-38H,7-8,10-11,13-17H2,(H,32,36)/t20-,21-,23-,24-,25+,27-,28+/m0/s1. The van der Waals surface area contributed by atoms with Gasteiger partial charge in [0.05, 0.1) is 36.2 Å². The maximum atomic E-state index is 14.1. The van der Waals surface area contributed by atoms with E-state index in [0.717, 1.165) is 22.0 Å². The highest BCUT2D eigenvalue weighted by atomic mass is 32.2. The molecule has 1 aromatic carbocycles. The Kier molecular flexibility index (Phi) is 8.97. The number of rotatable bonds is 4. The second-order valence-corrected chi connectivity index (χ2v) is 13.7. The van der Waals surface area contributed by atoms with E-state index in [1.165, 1.54) is 12.1 Å². The average molecular weight is 634 g/mol. The number of fused-ring (bicyclic) bond motifs is 6. The van der Waals surface area contributed by atoms with E-state index in [1.54, 1.807) is 17.3 Å². The Hall–Kier alpha value is -3.05. The topological polar surface area (TPSA) is 162 Å². The minimum absolute atomic E-state index is 0.0988. The second kappa shape index (κ2) is 12.7. The molecule has 4 fully saturated rings. The fourth-order valence-corrected chi connectivity index (χ4v) is 8.01. The number of hydrogen-bond donors (Lipinski definition) is 3. The van der Waals surface area contributed by atoms with E-state index < -0.39 is 64.9 Å². The fourth-order valence-electron chi connectivity index (χ4n) is 6.50. The third-order valence-electron chi connectivity index (χ3n) is 8.69. The molecule has 4 saturated heterocycles. The van der Waals surface area contributed by atoms with Crippen molar-refractivity contribution in [3.8, 4) is 0 Å². The molecule has 6 rings (SSSR count). The van der Waals surface area contributed by atoms with E-state index in [2.05, 4.69) is 10.3 Å². The van der Waals surface area contributed by atoms with Crippen molar-refractivity contribution in [2.45, 2.75) is 66.9 Å². The van der Waals surface area contributed by atoms with Crippen molar-refractivity contribution in [2.24, 2.45) is 0 Å². The van der Waals surface area contributed by atoms with Gasteiger partial charge in [-0.05, 0) is 36.2 Å². The van der Waals surface area contributed by atoms with Crippen LogP contribution in [0.4, 0.5) is 4.39 Å². The summed E-state index contributed by atoms with van der Waals surface area (Å²) >= 11 is 0. The minimum Gasteiger partial charge on any atom is -0.388 e. The van der Waals surface area contributed by atoms with Crippen LogP contribution in [0, 0.1) is 5.82 Å². The molecule has 3 N–H and O–H groups in total. The molecule has 0 aliphatic carbocycles. The number of pyridine rings is 1. The molecule has 0 unspecified atom stereocenters. The zero-order chi connectivity index (χ0) is 31.0. The summed E-state index contributed by atoms with van der Waals surface area (Å²) < 4.78 is 54.5. The molecule has 7 atom stereocenters. The largest absolute Gasteiger partial charge is 0.388 e. The van der Waals surface area contributed by atoms with Crippen LogP contribution in [-0.2, 0) is 35.6 Å². The Morgan fingerprint density at radius 3 is 2.64 bits per heavy atom. The summed E-state index contributed by atoms with van der Waals surface area (Å²) in [6.45, 7) is 0.797. The number of nitrogens with one attached hydrogen (secondary N) is 1. The van der Waals surface area contributed by atoms with Gasteiger partial charge in [0, 0.05) is 57.7 Å². The van der Waals surface area contributed by atoms with Gasteiger partial charge in [-0.3, -0.25) is 19.5 Å². The quantitative estimate of drug-likeness (QED) is 0.385. The van der Waals surface area contributed by atoms with E-state index in [-0.39, 0.29) is 43.0 Å². The van der Waals surface area contributed by atoms with Gasteiger partial charge in [0.15, 0.2) is 0 Å². The third kappa shape index (κ3) is 6.49. The summed E-state index contributed by atoms with van der Waals surface area (Å²) in [4.78, 5) is 34.6. The van der Waals surface area contributed by atoms with Crippen LogP contribution in [0.15, 0.2) is 53.7 Å². The zero-order valence-electron chi connectivity index (χ0n) is 23.9. The first-order valence-corrected chi connectivity index (χ1v) is 16.1. The molecule has 2 aromatic rings. The first kappa shape index (κ1) is 31.0. The van der Waals surface area contributed by atoms with Crippen LogP contribution in [0.25, 0.3) is 0 Å². The Morgan fingerprint density at radius 2 is 1.86 bits per heavy atom. The van der Waals surface area contributed by atoms with E-state index >= 15 is 0 Å². The average Bonchev–Trinajstić information content (AvgIpc) is 3.51. The summed E-state index contributed by atoms with van der Waals surface area (Å²) in [6, 6.07) is 7.39. The third-order valence-corrected chi connectivity index (χ3v) is 10.5. The molecule has 44 heavy (non-hydrogen) atoms. The number of hydrogen-bond acceptors (Lipinski definition) is 10. The summed E-state index contributed by atoms with van der Waals surface area (Å²) in [5, 5.41) is 24.5. The van der Waals surface area contributed by atoms with E-state index in [9.17, 15) is 32.6 Å². The van der Waals surface area contributed by atoms with Crippen molar-refractivity contribution >= 4 is 21.8 Å². The lowest BCUT2D eigenvalue weighted by molar-refractivity contribution is -0.144. The van der Waals surface area contributed by atoms with E-state index in [4.69, 9.17) is 9.47 Å². The number of carbonyl (C=O) groups excluding carboxylic acids is 2. The van der Waals surface area contributed by atoms with Gasteiger partial charge in [-0.2, -0.15) is 4.31 Å². The number of aromatic nitrogens is 1. The van der Waals surface area contributed by atoms with E-state index in [0.29, 0.717) is 26.1 Å². The highest BCUT2D eigenvalue weighted by Gasteiger charge is 2.47. The lowest BCUT2D eigenvalue weighted by Crippen LogP contribution is -2.55. The number of carbonyl (C=O) groups is 2. The number of nitrogens with zero attached hydrogens (tertiary/aromatic N) is 4. The number of aliphatic hydroxyl groups excluding tert-OH is 2. The van der Waals surface area contributed by atoms with Crippen molar-refractivity contribution in [3.63, 3.8) is 0 Å². The monoisotopic (exact) mass is 633 g/mol. The summed E-state index contributed by atoms with van der Waals surface area (Å²) in [5.74, 6) is -1.32. The summed E-state index contributed by atoms with van der Waals surface area (Å²) in [6.07, 6.45) is -2.45. The smallest absolute Gasteiger partial charge is 0.243 e. The molecule has 0 radical (unpaired) electrons. The van der Waals surface area contributed by atoms with Gasteiger partial charge in [-0.25, -0.2) is 12.8 Å². The van der Waals surface area contributed by atoms with Gasteiger partial charge < -0.3 is 29.9 Å². The van der Waals surface area contributed by atoms with Crippen LogP contribution in [0.3, 0.4) is 0 Å². The number of amides is 2. The molecule has 1 aromatic heterocycles. The molecular formula is C29H36FN5O8S. The van der Waals surface area contributed by atoms with Gasteiger partial charge in [-0.1, -0.05) is 12.1 Å². The lowest BCUT2D eigenvalue weighted by atomic mass is 10.0. The SMILES string of the molecule is O=C1C[C@@H]2O[C@H](CN(S(=O)(=O)c3cccc(F)c3)C[C@@H]3CN(CCO3)C(=O)[C@@H]3C[C@@H](CN3Cc3cccnc3)N1)[C@@H](O)[C@H]2O. The van der Waals surface area contributed by atoms with Crippen molar-refractivity contribution in [3.05, 3.63) is 60.2 Å². The lowest BCUT2D eigenvalue weighted by Gasteiger charge is -2.38. The van der Waals surface area contributed by atoms with Crippen LogP contribution < -0.4 is 5.32 Å². The molecular weight excluding hydrogens is 597 g/mol. The predicted molar refractivity (Wildman–Crippen MR) is 152 cm³/mol. The Balaban J connectivity index is 1.32. The molecule has 2 amide bonds. The maximum absolute atomic E-state index is 14.1. The van der Waals surface area contributed by atoms with Crippen LogP contribution in [-0.4, -0.2) is 131 Å². The number of sulfonamides is 1. The van der Waals surface area contributed by atoms with Gasteiger partial charge >= 0.3 is 0 Å². The van der Waals surface area contributed by atoms with Crippen molar-refractivity contribution in [1.29, 1.82) is 0 Å².